The first-order valence-electron chi connectivity index (χ1n) is 14.5. The van der Waals surface area contributed by atoms with Gasteiger partial charge in [0, 0.05) is 0 Å². The molecule has 0 radical (unpaired) electrons. The van der Waals surface area contributed by atoms with E-state index in [1.165, 1.54) is 108 Å². The van der Waals surface area contributed by atoms with Crippen LogP contribution in [0.15, 0.2) is 30.3 Å². The Morgan fingerprint density at radius 2 is 1.32 bits per heavy atom. The van der Waals surface area contributed by atoms with E-state index in [2.05, 4.69) is 17.7 Å². The van der Waals surface area contributed by atoms with E-state index in [-0.39, 0.29) is 5.75 Å². The lowest BCUT2D eigenvalue weighted by atomic mass is 9.68. The molecule has 1 aromatic rings. The molecule has 2 fully saturated rings. The van der Waals surface area contributed by atoms with Crippen molar-refractivity contribution in [3.63, 3.8) is 0 Å². The maximum atomic E-state index is 13.0. The molecule has 0 aliphatic heterocycles. The van der Waals surface area contributed by atoms with E-state index < -0.39 is 18.7 Å². The van der Waals surface area contributed by atoms with E-state index in [4.69, 9.17) is 0 Å². The minimum absolute atomic E-state index is 0.00304. The predicted octanol–water partition coefficient (Wildman–Crippen LogP) is 10.6. The van der Waals surface area contributed by atoms with Crippen LogP contribution in [0.1, 0.15) is 109 Å². The first-order valence-corrected chi connectivity index (χ1v) is 14.5. The van der Waals surface area contributed by atoms with Gasteiger partial charge in [-0.15, -0.1) is 0 Å². The Kier molecular flexibility index (Phi) is 11.8. The molecule has 0 spiro atoms. The van der Waals surface area contributed by atoms with Crippen molar-refractivity contribution in [3.8, 4) is 5.75 Å². The summed E-state index contributed by atoms with van der Waals surface area (Å²) in [4.78, 5) is 0. The van der Waals surface area contributed by atoms with Crippen molar-refractivity contribution in [3.05, 3.63) is 35.9 Å². The molecule has 6 heteroatoms. The second kappa shape index (κ2) is 14.5. The Bertz CT molecular complexity index is 785. The van der Waals surface area contributed by atoms with Crippen LogP contribution in [-0.4, -0.2) is 18.7 Å². The van der Waals surface area contributed by atoms with Crippen LogP contribution in [0.2, 0.25) is 0 Å². The number of hydrogen-bond acceptors (Lipinski definition) is 1. The molecule has 0 N–H and O–H groups in total. The monoisotopic (exact) mass is 528 g/mol. The molecule has 0 bridgehead atoms. The topological polar surface area (TPSA) is 9.23 Å². The van der Waals surface area contributed by atoms with Crippen molar-refractivity contribution in [2.45, 2.75) is 115 Å². The molecule has 0 amide bonds. The summed E-state index contributed by atoms with van der Waals surface area (Å²) >= 11 is 0. The summed E-state index contributed by atoms with van der Waals surface area (Å²) in [6, 6.07) is 6.25. The molecule has 2 aliphatic rings. The van der Waals surface area contributed by atoms with Gasteiger partial charge in [0.2, 0.25) is 0 Å². The minimum atomic E-state index is -5.61. The molecule has 0 unspecified atom stereocenters. The van der Waals surface area contributed by atoms with Crippen molar-refractivity contribution in [1.82, 2.24) is 0 Å². The third-order valence-electron chi connectivity index (χ3n) is 8.62. The zero-order valence-electron chi connectivity index (χ0n) is 22.4. The number of alkyl halides is 5. The average molecular weight is 529 g/mol. The van der Waals surface area contributed by atoms with Gasteiger partial charge in [0.15, 0.2) is 6.61 Å². The fourth-order valence-electron chi connectivity index (χ4n) is 6.15. The lowest BCUT2D eigenvalue weighted by Crippen LogP contribution is -2.41. The average Bonchev–Trinajstić information content (AvgIpc) is 2.89. The quantitative estimate of drug-likeness (QED) is 0.183. The second-order valence-electron chi connectivity index (χ2n) is 11.4. The summed E-state index contributed by atoms with van der Waals surface area (Å²) in [5, 5.41) is 0. The number of allylic oxidation sites excluding steroid dienone is 1. The summed E-state index contributed by atoms with van der Waals surface area (Å²) < 4.78 is 67.5. The van der Waals surface area contributed by atoms with Gasteiger partial charge in [-0.05, 0) is 79.9 Å². The minimum Gasteiger partial charge on any atom is -0.487 e. The second-order valence-corrected chi connectivity index (χ2v) is 11.4. The van der Waals surface area contributed by atoms with Gasteiger partial charge in [-0.3, -0.25) is 0 Å². The van der Waals surface area contributed by atoms with Crippen molar-refractivity contribution >= 4 is 6.08 Å². The van der Waals surface area contributed by atoms with Crippen LogP contribution < -0.4 is 4.74 Å². The highest BCUT2D eigenvalue weighted by atomic mass is 19.4. The zero-order chi connectivity index (χ0) is 26.7. The zero-order valence-corrected chi connectivity index (χ0v) is 22.4. The Hall–Kier alpha value is -1.59. The highest BCUT2D eigenvalue weighted by Gasteiger charge is 2.58. The molecule has 1 nitrogen and oxygen atoms in total. The van der Waals surface area contributed by atoms with Gasteiger partial charge in [-0.2, -0.15) is 22.0 Å². The van der Waals surface area contributed by atoms with Gasteiger partial charge >= 0.3 is 12.1 Å². The van der Waals surface area contributed by atoms with Crippen molar-refractivity contribution in [1.29, 1.82) is 0 Å². The van der Waals surface area contributed by atoms with E-state index in [1.54, 1.807) is 12.1 Å². The van der Waals surface area contributed by atoms with E-state index in [1.807, 2.05) is 6.08 Å². The Morgan fingerprint density at radius 1 is 0.757 bits per heavy atom. The van der Waals surface area contributed by atoms with Gasteiger partial charge in [-0.25, -0.2) is 0 Å². The fourth-order valence-corrected chi connectivity index (χ4v) is 6.15. The van der Waals surface area contributed by atoms with Gasteiger partial charge in [-0.1, -0.05) is 89.0 Å². The Labute approximate surface area is 220 Å². The molecule has 2 saturated carbocycles. The number of unbranched alkanes of at least 4 members (excludes halogenated alkanes) is 5. The fraction of sp³-hybridized carbons (Fsp3) is 0.742. The van der Waals surface area contributed by atoms with Crippen molar-refractivity contribution in [2.75, 3.05) is 6.61 Å². The summed E-state index contributed by atoms with van der Waals surface area (Å²) in [5.74, 6) is -1.59. The first kappa shape index (κ1) is 30.0. The van der Waals surface area contributed by atoms with Crippen LogP contribution in [-0.2, 0) is 0 Å². The molecule has 0 atom stereocenters. The normalized spacial score (nSPS) is 25.5. The summed E-state index contributed by atoms with van der Waals surface area (Å²) in [5.41, 5.74) is 0.890. The van der Waals surface area contributed by atoms with Crippen LogP contribution in [0.4, 0.5) is 22.0 Å². The van der Waals surface area contributed by atoms with E-state index in [0.29, 0.717) is 5.92 Å². The molecule has 0 aromatic heterocycles. The largest absolute Gasteiger partial charge is 0.487 e. The SMILES string of the molecule is CCCCCCCCC1CCC(C2CCC(C=Cc3ccc(OCC(F)(F)C(F)(F)F)cc3)CC2)CC1. The predicted molar refractivity (Wildman–Crippen MR) is 141 cm³/mol. The maximum absolute atomic E-state index is 13.0. The number of ether oxygens (including phenoxy) is 1. The lowest BCUT2D eigenvalue weighted by Gasteiger charge is -2.37. The number of hydrogen-bond donors (Lipinski definition) is 0. The summed E-state index contributed by atoms with van der Waals surface area (Å²) in [6.45, 7) is 0.558. The van der Waals surface area contributed by atoms with Crippen molar-refractivity contribution in [2.24, 2.45) is 23.7 Å². The van der Waals surface area contributed by atoms with Crippen molar-refractivity contribution < 1.29 is 26.7 Å². The first-order chi connectivity index (χ1) is 17.7. The molecule has 0 saturated heterocycles. The number of halogens is 5. The van der Waals surface area contributed by atoms with Gasteiger partial charge in [0.25, 0.3) is 0 Å². The molecule has 2 aliphatic carbocycles. The molecular weight excluding hydrogens is 483 g/mol. The van der Waals surface area contributed by atoms with Crippen LogP contribution in [0.25, 0.3) is 6.08 Å². The maximum Gasteiger partial charge on any atom is 0.456 e. The van der Waals surface area contributed by atoms with Crippen LogP contribution >= 0.6 is 0 Å². The molecule has 1 aromatic carbocycles. The third-order valence-corrected chi connectivity index (χ3v) is 8.62. The molecule has 37 heavy (non-hydrogen) atoms. The number of benzene rings is 1. The number of rotatable bonds is 13. The summed E-state index contributed by atoms with van der Waals surface area (Å²) in [7, 11) is 0. The van der Waals surface area contributed by atoms with E-state index >= 15 is 0 Å². The Balaban J connectivity index is 1.32. The van der Waals surface area contributed by atoms with Gasteiger partial charge < -0.3 is 4.74 Å². The molecule has 210 valence electrons. The highest BCUT2D eigenvalue weighted by Crippen LogP contribution is 2.42. The Morgan fingerprint density at radius 3 is 1.92 bits per heavy atom. The molecular formula is C31H45F5O. The van der Waals surface area contributed by atoms with Gasteiger partial charge in [0.1, 0.15) is 5.75 Å². The molecule has 3 rings (SSSR count). The molecule has 0 heterocycles. The lowest BCUT2D eigenvalue weighted by molar-refractivity contribution is -0.290. The summed E-state index contributed by atoms with van der Waals surface area (Å²) in [6.07, 6.45) is 19.1. The van der Waals surface area contributed by atoms with E-state index in [9.17, 15) is 22.0 Å². The van der Waals surface area contributed by atoms with Crippen LogP contribution in [0.3, 0.4) is 0 Å². The van der Waals surface area contributed by atoms with Crippen LogP contribution in [0, 0.1) is 23.7 Å². The van der Waals surface area contributed by atoms with E-state index in [0.717, 1.165) is 23.3 Å². The highest BCUT2D eigenvalue weighted by molar-refractivity contribution is 5.50. The standard InChI is InChI=1S/C31H45F5O/c1-2-3-4-5-6-7-8-24-11-17-27(18-12-24)28-19-13-25(14-20-28)9-10-26-15-21-29(22-16-26)37-23-30(32,33)31(34,35)36/h9-10,15-16,21-22,24-25,27-28H,2-8,11-14,17-20,23H2,1H3. The van der Waals surface area contributed by atoms with Gasteiger partial charge in [0.05, 0.1) is 0 Å². The smallest absolute Gasteiger partial charge is 0.456 e. The van der Waals surface area contributed by atoms with Crippen LogP contribution in [0.5, 0.6) is 5.75 Å². The third kappa shape index (κ3) is 9.90.